The summed E-state index contributed by atoms with van der Waals surface area (Å²) in [5, 5.41) is 12.1. The van der Waals surface area contributed by atoms with Gasteiger partial charge in [0.2, 0.25) is 0 Å². The van der Waals surface area contributed by atoms with E-state index in [1.54, 1.807) is 11.3 Å². The molecule has 4 nitrogen and oxygen atoms in total. The highest BCUT2D eigenvalue weighted by molar-refractivity contribution is 7.25. The molecule has 0 radical (unpaired) electrons. The van der Waals surface area contributed by atoms with E-state index in [9.17, 15) is 0 Å². The number of fused-ring (bicyclic) bond motifs is 12. The minimum absolute atomic E-state index is 0.626. The molecule has 0 bridgehead atoms. The van der Waals surface area contributed by atoms with Crippen LogP contribution in [0, 0.1) is 0 Å². The van der Waals surface area contributed by atoms with E-state index in [2.05, 4.69) is 168 Å². The number of thiophene rings is 1. The zero-order chi connectivity index (χ0) is 36.7. The average molecular weight is 731 g/mol. The summed E-state index contributed by atoms with van der Waals surface area (Å²) in [6, 6.07) is 65.0. The minimum Gasteiger partial charge on any atom is -0.308 e. The second-order valence-corrected chi connectivity index (χ2v) is 15.4. The lowest BCUT2D eigenvalue weighted by atomic mass is 9.92. The molecule has 3 aromatic heterocycles. The fourth-order valence-electron chi connectivity index (χ4n) is 8.69. The summed E-state index contributed by atoms with van der Waals surface area (Å²) in [6.07, 6.45) is 0. The molecular formula is C51H30N4S. The van der Waals surface area contributed by atoms with Crippen molar-refractivity contribution in [3.05, 3.63) is 182 Å². The second kappa shape index (κ2) is 12.2. The Kier molecular flexibility index (Phi) is 6.76. The zero-order valence-electron chi connectivity index (χ0n) is 30.0. The maximum atomic E-state index is 5.41. The van der Waals surface area contributed by atoms with Gasteiger partial charge in [-0.25, -0.2) is 15.0 Å². The smallest absolute Gasteiger partial charge is 0.166 e. The summed E-state index contributed by atoms with van der Waals surface area (Å²) >= 11 is 1.80. The van der Waals surface area contributed by atoms with Crippen LogP contribution >= 0.6 is 11.3 Å². The van der Waals surface area contributed by atoms with E-state index in [1.165, 1.54) is 57.9 Å². The number of aromatic nitrogens is 4. The number of para-hydroxylation sites is 2. The molecule has 0 aliphatic carbocycles. The number of rotatable bonds is 4. The van der Waals surface area contributed by atoms with Gasteiger partial charge in [-0.2, -0.15) is 0 Å². The lowest BCUT2D eigenvalue weighted by molar-refractivity contribution is 1.07. The van der Waals surface area contributed by atoms with Crippen LogP contribution in [-0.2, 0) is 0 Å². The largest absolute Gasteiger partial charge is 0.308 e. The summed E-state index contributed by atoms with van der Waals surface area (Å²) in [5.41, 5.74) is 6.12. The van der Waals surface area contributed by atoms with Gasteiger partial charge in [0, 0.05) is 47.6 Å². The first-order valence-corrected chi connectivity index (χ1v) is 19.7. The van der Waals surface area contributed by atoms with Gasteiger partial charge >= 0.3 is 0 Å². The topological polar surface area (TPSA) is 43.6 Å². The lowest BCUT2D eigenvalue weighted by Crippen LogP contribution is -2.04. The molecule has 12 rings (SSSR count). The van der Waals surface area contributed by atoms with Crippen molar-refractivity contribution in [1.29, 1.82) is 0 Å². The van der Waals surface area contributed by atoms with E-state index in [0.717, 1.165) is 38.8 Å². The highest BCUT2D eigenvalue weighted by Crippen LogP contribution is 2.43. The maximum absolute atomic E-state index is 5.41. The fourth-order valence-corrected chi connectivity index (χ4v) is 9.84. The van der Waals surface area contributed by atoms with Gasteiger partial charge in [0.1, 0.15) is 0 Å². The summed E-state index contributed by atoms with van der Waals surface area (Å²) in [6.45, 7) is 0. The Morgan fingerprint density at radius 1 is 0.321 bits per heavy atom. The summed E-state index contributed by atoms with van der Waals surface area (Å²) in [7, 11) is 0. The number of nitrogens with zero attached hydrogens (tertiary/aromatic N) is 4. The van der Waals surface area contributed by atoms with Crippen LogP contribution in [-0.4, -0.2) is 19.5 Å². The Labute approximate surface area is 325 Å². The zero-order valence-corrected chi connectivity index (χ0v) is 30.8. The van der Waals surface area contributed by atoms with Gasteiger partial charge in [0.25, 0.3) is 0 Å². The van der Waals surface area contributed by atoms with Crippen LogP contribution in [0.15, 0.2) is 182 Å². The van der Waals surface area contributed by atoms with E-state index >= 15 is 0 Å². The van der Waals surface area contributed by atoms with Crippen LogP contribution in [0.2, 0.25) is 0 Å². The summed E-state index contributed by atoms with van der Waals surface area (Å²) < 4.78 is 4.88. The molecular weight excluding hydrogens is 701 g/mol. The van der Waals surface area contributed by atoms with Gasteiger partial charge in [-0.15, -0.1) is 11.3 Å². The second-order valence-electron chi connectivity index (χ2n) is 14.4. The molecule has 56 heavy (non-hydrogen) atoms. The SMILES string of the molecule is c1ccc(-c2nc(-c3ccc4c(c3)sc3ccccc34)nc(-c3cc4c5ccccc5c5ccccc5c4cc3-n3c4ccccc4c4ccccc43)n2)cc1. The number of hydrogen-bond acceptors (Lipinski definition) is 4. The van der Waals surface area contributed by atoms with E-state index in [-0.39, 0.29) is 0 Å². The maximum Gasteiger partial charge on any atom is 0.166 e. The van der Waals surface area contributed by atoms with Crippen molar-refractivity contribution >= 4 is 85.6 Å². The van der Waals surface area contributed by atoms with Crippen LogP contribution < -0.4 is 0 Å². The van der Waals surface area contributed by atoms with Crippen LogP contribution in [0.25, 0.3) is 114 Å². The minimum atomic E-state index is 0.626. The van der Waals surface area contributed by atoms with Crippen molar-refractivity contribution in [2.24, 2.45) is 0 Å². The third-order valence-electron chi connectivity index (χ3n) is 11.2. The predicted molar refractivity (Wildman–Crippen MR) is 236 cm³/mol. The van der Waals surface area contributed by atoms with E-state index in [0.29, 0.717) is 17.5 Å². The first-order valence-electron chi connectivity index (χ1n) is 18.9. The monoisotopic (exact) mass is 730 g/mol. The van der Waals surface area contributed by atoms with Crippen LogP contribution in [0.5, 0.6) is 0 Å². The molecule has 0 aliphatic heterocycles. The molecule has 0 spiro atoms. The lowest BCUT2D eigenvalue weighted by Gasteiger charge is -2.18. The van der Waals surface area contributed by atoms with Crippen molar-refractivity contribution in [3.8, 4) is 39.9 Å². The summed E-state index contributed by atoms with van der Waals surface area (Å²) in [5.74, 6) is 1.91. The average Bonchev–Trinajstić information content (AvgIpc) is 3.82. The van der Waals surface area contributed by atoms with Gasteiger partial charge in [-0.1, -0.05) is 146 Å². The summed E-state index contributed by atoms with van der Waals surface area (Å²) in [4.78, 5) is 15.9. The normalized spacial score (nSPS) is 11.9. The van der Waals surface area contributed by atoms with E-state index in [1.807, 2.05) is 18.2 Å². The van der Waals surface area contributed by atoms with Crippen molar-refractivity contribution in [2.45, 2.75) is 0 Å². The molecule has 3 heterocycles. The van der Waals surface area contributed by atoms with Crippen molar-refractivity contribution in [3.63, 3.8) is 0 Å². The van der Waals surface area contributed by atoms with Crippen LogP contribution in [0.4, 0.5) is 0 Å². The molecule has 0 unspecified atom stereocenters. The Balaban J connectivity index is 1.22. The standard InChI is InChI=1S/C51H30N4S/c1-2-14-31(15-3-1)49-52-50(32-26-27-40-39-22-10-13-25-47(39)56-48(40)28-32)54-51(53-49)43-29-41-35-18-6-4-16-33(35)34-17-5-7-19-36(34)42(41)30-46(43)55-44-23-11-8-20-37(44)38-21-9-12-24-45(38)55/h1-30H. The van der Waals surface area contributed by atoms with Crippen molar-refractivity contribution in [2.75, 3.05) is 0 Å². The third kappa shape index (κ3) is 4.68. The third-order valence-corrected chi connectivity index (χ3v) is 12.4. The Morgan fingerprint density at radius 2 is 0.804 bits per heavy atom. The Hall–Kier alpha value is -7.21. The van der Waals surface area contributed by atoms with E-state index in [4.69, 9.17) is 15.0 Å². The van der Waals surface area contributed by atoms with Gasteiger partial charge in [-0.05, 0) is 68.7 Å². The predicted octanol–water partition coefficient (Wildman–Crippen LogP) is 13.8. The molecule has 0 N–H and O–H groups in total. The molecule has 0 saturated heterocycles. The Morgan fingerprint density at radius 3 is 1.46 bits per heavy atom. The van der Waals surface area contributed by atoms with Crippen LogP contribution in [0.1, 0.15) is 0 Å². The molecule has 12 aromatic rings. The molecule has 9 aromatic carbocycles. The highest BCUT2D eigenvalue weighted by Gasteiger charge is 2.22. The molecule has 260 valence electrons. The van der Waals surface area contributed by atoms with E-state index < -0.39 is 0 Å². The fraction of sp³-hybridized carbons (Fsp3) is 0. The van der Waals surface area contributed by atoms with Crippen molar-refractivity contribution < 1.29 is 0 Å². The van der Waals surface area contributed by atoms with Gasteiger partial charge in [-0.3, -0.25) is 0 Å². The number of benzene rings is 9. The Bertz CT molecular complexity index is 3490. The van der Waals surface area contributed by atoms with Crippen LogP contribution in [0.3, 0.4) is 0 Å². The molecule has 0 fully saturated rings. The van der Waals surface area contributed by atoms with Gasteiger partial charge in [0.05, 0.1) is 16.7 Å². The molecule has 0 atom stereocenters. The van der Waals surface area contributed by atoms with Gasteiger partial charge in [0.15, 0.2) is 17.5 Å². The molecule has 0 aliphatic rings. The first kappa shape index (κ1) is 31.2. The molecule has 0 amide bonds. The first-order chi connectivity index (χ1) is 27.8. The molecule has 5 heteroatoms. The quantitative estimate of drug-likeness (QED) is 0.169. The van der Waals surface area contributed by atoms with Crippen molar-refractivity contribution in [1.82, 2.24) is 19.5 Å². The van der Waals surface area contributed by atoms with Gasteiger partial charge < -0.3 is 4.57 Å². The molecule has 0 saturated carbocycles. The number of hydrogen-bond donors (Lipinski definition) is 0. The highest BCUT2D eigenvalue weighted by atomic mass is 32.1.